The average Bonchev–Trinajstić information content (AvgIpc) is 2.40. The van der Waals surface area contributed by atoms with Crippen molar-refractivity contribution >= 4 is 5.69 Å². The number of nitrogen functional groups attached to an aromatic ring is 1. The van der Waals surface area contributed by atoms with Crippen molar-refractivity contribution in [1.82, 2.24) is 4.90 Å². The summed E-state index contributed by atoms with van der Waals surface area (Å²) in [5.41, 5.74) is 8.22. The molecule has 0 saturated carbocycles. The first-order valence-electron chi connectivity index (χ1n) is 6.44. The highest BCUT2D eigenvalue weighted by atomic mass is 19.1. The van der Waals surface area contributed by atoms with Crippen LogP contribution < -0.4 is 10.5 Å². The van der Waals surface area contributed by atoms with Crippen LogP contribution in [0.1, 0.15) is 11.1 Å². The van der Waals surface area contributed by atoms with E-state index in [0.717, 1.165) is 11.3 Å². The highest BCUT2D eigenvalue weighted by molar-refractivity contribution is 5.47. The van der Waals surface area contributed by atoms with Gasteiger partial charge in [-0.3, -0.25) is 4.90 Å². The minimum atomic E-state index is -0.176. The third-order valence-corrected chi connectivity index (χ3v) is 3.07. The maximum absolute atomic E-state index is 13.6. The number of ether oxygens (including phenoxy) is 1. The highest BCUT2D eigenvalue weighted by Crippen LogP contribution is 2.20. The van der Waals surface area contributed by atoms with Gasteiger partial charge in [-0.05, 0) is 30.8 Å². The van der Waals surface area contributed by atoms with Crippen LogP contribution in [0, 0.1) is 5.82 Å². The molecule has 106 valence electrons. The first-order chi connectivity index (χ1) is 9.58. The molecule has 2 aromatic rings. The van der Waals surface area contributed by atoms with E-state index in [1.165, 1.54) is 6.07 Å². The van der Waals surface area contributed by atoms with Crippen LogP contribution >= 0.6 is 0 Å². The molecule has 2 aromatic carbocycles. The van der Waals surface area contributed by atoms with Crippen LogP contribution in [0.15, 0.2) is 42.5 Å². The van der Waals surface area contributed by atoms with E-state index >= 15 is 0 Å². The molecule has 0 unspecified atom stereocenters. The molecule has 0 aromatic heterocycles. The fourth-order valence-corrected chi connectivity index (χ4v) is 2.18. The molecule has 2 rings (SSSR count). The van der Waals surface area contributed by atoms with Crippen molar-refractivity contribution in [1.29, 1.82) is 0 Å². The van der Waals surface area contributed by atoms with Gasteiger partial charge in [0.1, 0.15) is 11.6 Å². The van der Waals surface area contributed by atoms with Crippen LogP contribution in [-0.4, -0.2) is 19.1 Å². The zero-order chi connectivity index (χ0) is 14.5. The molecule has 0 fully saturated rings. The molecular weight excluding hydrogens is 255 g/mol. The molecule has 0 bridgehead atoms. The molecule has 4 heteroatoms. The maximum atomic E-state index is 13.6. The topological polar surface area (TPSA) is 38.5 Å². The standard InChI is InChI=1S/C16H19FN2O/c1-19(11-13-5-3-4-6-16(13)17)10-12-7-14(18)9-15(8-12)20-2/h3-9H,10-11,18H2,1-2H3. The third-order valence-electron chi connectivity index (χ3n) is 3.07. The van der Waals surface area contributed by atoms with E-state index in [4.69, 9.17) is 10.5 Å². The second kappa shape index (κ2) is 6.39. The maximum Gasteiger partial charge on any atom is 0.127 e. The number of hydrogen-bond donors (Lipinski definition) is 1. The minimum absolute atomic E-state index is 0.176. The zero-order valence-electron chi connectivity index (χ0n) is 11.8. The molecule has 20 heavy (non-hydrogen) atoms. The van der Waals surface area contributed by atoms with Crippen molar-refractivity contribution in [3.05, 3.63) is 59.4 Å². The predicted octanol–water partition coefficient (Wildman–Crippen LogP) is 3.05. The summed E-state index contributed by atoms with van der Waals surface area (Å²) in [6, 6.07) is 12.4. The monoisotopic (exact) mass is 274 g/mol. The Bertz CT molecular complexity index is 586. The molecule has 3 nitrogen and oxygen atoms in total. The molecule has 0 spiro atoms. The van der Waals surface area contributed by atoms with Gasteiger partial charge in [0.15, 0.2) is 0 Å². The van der Waals surface area contributed by atoms with Crippen molar-refractivity contribution in [3.63, 3.8) is 0 Å². The number of anilines is 1. The summed E-state index contributed by atoms with van der Waals surface area (Å²) in [4.78, 5) is 2.03. The quantitative estimate of drug-likeness (QED) is 0.852. The third kappa shape index (κ3) is 3.71. The second-order valence-corrected chi connectivity index (χ2v) is 4.88. The lowest BCUT2D eigenvalue weighted by atomic mass is 10.1. The van der Waals surface area contributed by atoms with Gasteiger partial charge in [0.2, 0.25) is 0 Å². The molecule has 0 saturated heterocycles. The van der Waals surface area contributed by atoms with Gasteiger partial charge in [-0.2, -0.15) is 0 Å². The van der Waals surface area contributed by atoms with E-state index in [1.54, 1.807) is 25.3 Å². The Labute approximate surface area is 118 Å². The summed E-state index contributed by atoms with van der Waals surface area (Å²) in [6.07, 6.45) is 0. The Kier molecular flexibility index (Phi) is 4.58. The number of halogens is 1. The molecule has 0 aliphatic carbocycles. The van der Waals surface area contributed by atoms with Crippen LogP contribution in [0.2, 0.25) is 0 Å². The number of benzene rings is 2. The van der Waals surface area contributed by atoms with Gasteiger partial charge in [0.25, 0.3) is 0 Å². The van der Waals surface area contributed by atoms with Crippen molar-refractivity contribution in [3.8, 4) is 5.75 Å². The summed E-state index contributed by atoms with van der Waals surface area (Å²) in [5.74, 6) is 0.559. The largest absolute Gasteiger partial charge is 0.497 e. The van der Waals surface area contributed by atoms with Crippen molar-refractivity contribution < 1.29 is 9.13 Å². The molecule has 2 N–H and O–H groups in total. The Morgan fingerprint density at radius 3 is 2.60 bits per heavy atom. The van der Waals surface area contributed by atoms with E-state index in [2.05, 4.69) is 0 Å². The number of rotatable bonds is 5. The van der Waals surface area contributed by atoms with Crippen LogP contribution in [0.3, 0.4) is 0 Å². The SMILES string of the molecule is COc1cc(N)cc(CN(C)Cc2ccccc2F)c1. The van der Waals surface area contributed by atoms with Gasteiger partial charge >= 0.3 is 0 Å². The van der Waals surface area contributed by atoms with Crippen LogP contribution in [-0.2, 0) is 13.1 Å². The highest BCUT2D eigenvalue weighted by Gasteiger charge is 2.07. The zero-order valence-corrected chi connectivity index (χ0v) is 11.8. The Balaban J connectivity index is 2.06. The average molecular weight is 274 g/mol. The fraction of sp³-hybridized carbons (Fsp3) is 0.250. The van der Waals surface area contributed by atoms with Gasteiger partial charge in [-0.1, -0.05) is 18.2 Å². The summed E-state index contributed by atoms with van der Waals surface area (Å²) in [6.45, 7) is 1.22. The summed E-state index contributed by atoms with van der Waals surface area (Å²) in [5, 5.41) is 0. The molecular formula is C16H19FN2O. The van der Waals surface area contributed by atoms with Gasteiger partial charge < -0.3 is 10.5 Å². The fourth-order valence-electron chi connectivity index (χ4n) is 2.18. The molecule has 0 aliphatic rings. The number of nitrogens with two attached hydrogens (primary N) is 1. The van der Waals surface area contributed by atoms with Gasteiger partial charge in [0, 0.05) is 30.4 Å². The first kappa shape index (κ1) is 14.3. The lowest BCUT2D eigenvalue weighted by molar-refractivity contribution is 0.313. The molecule has 0 heterocycles. The summed E-state index contributed by atoms with van der Waals surface area (Å²) >= 11 is 0. The summed E-state index contributed by atoms with van der Waals surface area (Å²) < 4.78 is 18.8. The summed E-state index contributed by atoms with van der Waals surface area (Å²) in [7, 11) is 3.56. The number of nitrogens with zero attached hydrogens (tertiary/aromatic N) is 1. The van der Waals surface area contributed by atoms with E-state index in [-0.39, 0.29) is 5.82 Å². The van der Waals surface area contributed by atoms with Gasteiger partial charge in [-0.15, -0.1) is 0 Å². The second-order valence-electron chi connectivity index (χ2n) is 4.88. The van der Waals surface area contributed by atoms with Gasteiger partial charge in [-0.25, -0.2) is 4.39 Å². The van der Waals surface area contributed by atoms with E-state index in [1.807, 2.05) is 30.1 Å². The minimum Gasteiger partial charge on any atom is -0.497 e. The van der Waals surface area contributed by atoms with E-state index in [9.17, 15) is 4.39 Å². The Hall–Kier alpha value is -2.07. The number of hydrogen-bond acceptors (Lipinski definition) is 3. The predicted molar refractivity (Wildman–Crippen MR) is 79.0 cm³/mol. The van der Waals surface area contributed by atoms with E-state index < -0.39 is 0 Å². The smallest absolute Gasteiger partial charge is 0.127 e. The lowest BCUT2D eigenvalue weighted by Crippen LogP contribution is -2.18. The van der Waals surface area contributed by atoms with Gasteiger partial charge in [0.05, 0.1) is 7.11 Å². The molecule has 0 radical (unpaired) electrons. The molecule has 0 atom stereocenters. The molecule has 0 aliphatic heterocycles. The Morgan fingerprint density at radius 2 is 1.90 bits per heavy atom. The van der Waals surface area contributed by atoms with Crippen molar-refractivity contribution in [2.24, 2.45) is 0 Å². The van der Waals surface area contributed by atoms with Crippen LogP contribution in [0.25, 0.3) is 0 Å². The molecule has 0 amide bonds. The lowest BCUT2D eigenvalue weighted by Gasteiger charge is -2.18. The van der Waals surface area contributed by atoms with Crippen molar-refractivity contribution in [2.45, 2.75) is 13.1 Å². The van der Waals surface area contributed by atoms with Crippen LogP contribution in [0.4, 0.5) is 10.1 Å². The normalized spacial score (nSPS) is 10.8. The van der Waals surface area contributed by atoms with Crippen LogP contribution in [0.5, 0.6) is 5.75 Å². The van der Waals surface area contributed by atoms with Crippen molar-refractivity contribution in [2.75, 3.05) is 19.9 Å². The first-order valence-corrected chi connectivity index (χ1v) is 6.44. The van der Waals surface area contributed by atoms with E-state index in [0.29, 0.717) is 24.3 Å². The number of methoxy groups -OCH3 is 1. The Morgan fingerprint density at radius 1 is 1.15 bits per heavy atom.